The first-order valence-electron chi connectivity index (χ1n) is 5.91. The zero-order valence-corrected chi connectivity index (χ0v) is 10.8. The van der Waals surface area contributed by atoms with Crippen molar-refractivity contribution in [3.63, 3.8) is 0 Å². The van der Waals surface area contributed by atoms with E-state index < -0.39 is 0 Å². The topological polar surface area (TPSA) is 32.7 Å². The highest BCUT2D eigenvalue weighted by molar-refractivity contribution is 6.30. The zero-order chi connectivity index (χ0) is 12.3. The molecular weight excluding hydrogens is 238 g/mol. The highest BCUT2D eigenvalue weighted by Gasteiger charge is 2.30. The number of aliphatic hydroxyl groups is 1. The van der Waals surface area contributed by atoms with Gasteiger partial charge < -0.3 is 14.7 Å². The van der Waals surface area contributed by atoms with E-state index in [4.69, 9.17) is 16.3 Å². The standard InChI is InChI=1S/C13H18ClNO2/c1-17-7-6-15(12-3-4-12)13-5-2-11(14)8-10(13)9-16/h2,5,8,12,16H,3-4,6-7,9H2,1H3. The lowest BCUT2D eigenvalue weighted by Crippen LogP contribution is -2.30. The van der Waals surface area contributed by atoms with Crippen LogP contribution in [0, 0.1) is 0 Å². The maximum atomic E-state index is 9.40. The van der Waals surface area contributed by atoms with Crippen LogP contribution in [0.15, 0.2) is 18.2 Å². The molecule has 1 N–H and O–H groups in total. The molecule has 17 heavy (non-hydrogen) atoms. The Morgan fingerprint density at radius 3 is 2.82 bits per heavy atom. The average molecular weight is 256 g/mol. The summed E-state index contributed by atoms with van der Waals surface area (Å²) < 4.78 is 5.14. The van der Waals surface area contributed by atoms with Crippen molar-refractivity contribution in [2.24, 2.45) is 0 Å². The Morgan fingerprint density at radius 1 is 1.47 bits per heavy atom. The summed E-state index contributed by atoms with van der Waals surface area (Å²) >= 11 is 5.95. The third kappa shape index (κ3) is 3.12. The van der Waals surface area contributed by atoms with Crippen LogP contribution in [0.2, 0.25) is 5.02 Å². The van der Waals surface area contributed by atoms with E-state index in [0.29, 0.717) is 17.7 Å². The monoisotopic (exact) mass is 255 g/mol. The minimum atomic E-state index is 0.0199. The van der Waals surface area contributed by atoms with Crippen molar-refractivity contribution in [3.8, 4) is 0 Å². The highest BCUT2D eigenvalue weighted by Crippen LogP contribution is 2.34. The molecule has 1 aliphatic carbocycles. The second-order valence-corrected chi connectivity index (χ2v) is 4.78. The van der Waals surface area contributed by atoms with Crippen molar-refractivity contribution in [1.82, 2.24) is 0 Å². The molecule has 0 amide bonds. The Morgan fingerprint density at radius 2 is 2.24 bits per heavy atom. The van der Waals surface area contributed by atoms with E-state index in [1.165, 1.54) is 12.8 Å². The molecule has 0 spiro atoms. The van der Waals surface area contributed by atoms with Gasteiger partial charge in [-0.05, 0) is 31.0 Å². The van der Waals surface area contributed by atoms with E-state index in [9.17, 15) is 5.11 Å². The number of benzene rings is 1. The van der Waals surface area contributed by atoms with E-state index in [1.54, 1.807) is 7.11 Å². The maximum absolute atomic E-state index is 9.40. The van der Waals surface area contributed by atoms with E-state index in [0.717, 1.165) is 17.8 Å². The summed E-state index contributed by atoms with van der Waals surface area (Å²) in [6, 6.07) is 6.29. The fourth-order valence-corrected chi connectivity index (χ4v) is 2.23. The van der Waals surface area contributed by atoms with Gasteiger partial charge in [-0.15, -0.1) is 0 Å². The lowest BCUT2D eigenvalue weighted by atomic mass is 10.1. The molecule has 1 aromatic carbocycles. The second kappa shape index (κ2) is 5.71. The van der Waals surface area contributed by atoms with Crippen molar-refractivity contribution in [2.75, 3.05) is 25.2 Å². The van der Waals surface area contributed by atoms with E-state index >= 15 is 0 Å². The first-order chi connectivity index (χ1) is 8.26. The number of rotatable bonds is 6. The van der Waals surface area contributed by atoms with Crippen molar-refractivity contribution in [2.45, 2.75) is 25.5 Å². The van der Waals surface area contributed by atoms with Crippen LogP contribution in [0.1, 0.15) is 18.4 Å². The molecule has 4 heteroatoms. The molecule has 0 aromatic heterocycles. The molecule has 0 radical (unpaired) electrons. The Kier molecular flexibility index (Phi) is 4.26. The van der Waals surface area contributed by atoms with Gasteiger partial charge in [0.1, 0.15) is 0 Å². The van der Waals surface area contributed by atoms with Crippen LogP contribution in [-0.4, -0.2) is 31.4 Å². The van der Waals surface area contributed by atoms with Crippen LogP contribution >= 0.6 is 11.6 Å². The number of halogens is 1. The normalized spacial score (nSPS) is 15.0. The minimum absolute atomic E-state index is 0.0199. The smallest absolute Gasteiger partial charge is 0.0702 e. The zero-order valence-electron chi connectivity index (χ0n) is 10.0. The molecule has 1 aromatic rings. The van der Waals surface area contributed by atoms with Gasteiger partial charge in [0, 0.05) is 36.0 Å². The lowest BCUT2D eigenvalue weighted by Gasteiger charge is -2.26. The molecule has 0 atom stereocenters. The maximum Gasteiger partial charge on any atom is 0.0702 e. The quantitative estimate of drug-likeness (QED) is 0.848. The summed E-state index contributed by atoms with van der Waals surface area (Å²) in [5.41, 5.74) is 1.97. The summed E-state index contributed by atoms with van der Waals surface area (Å²) in [7, 11) is 1.71. The fourth-order valence-electron chi connectivity index (χ4n) is 2.04. The summed E-state index contributed by atoms with van der Waals surface area (Å²) in [5.74, 6) is 0. The Labute approximate surface area is 107 Å². The van der Waals surface area contributed by atoms with Crippen LogP contribution < -0.4 is 4.90 Å². The molecule has 0 aliphatic heterocycles. The van der Waals surface area contributed by atoms with Gasteiger partial charge >= 0.3 is 0 Å². The van der Waals surface area contributed by atoms with Crippen molar-refractivity contribution in [1.29, 1.82) is 0 Å². The van der Waals surface area contributed by atoms with Gasteiger partial charge in [-0.25, -0.2) is 0 Å². The number of hydrogen-bond donors (Lipinski definition) is 1. The van der Waals surface area contributed by atoms with E-state index in [1.807, 2.05) is 18.2 Å². The number of hydrogen-bond acceptors (Lipinski definition) is 3. The summed E-state index contributed by atoms with van der Waals surface area (Å²) in [4.78, 5) is 2.31. The van der Waals surface area contributed by atoms with Gasteiger partial charge in [0.05, 0.1) is 13.2 Å². The molecule has 1 fully saturated rings. The van der Waals surface area contributed by atoms with Gasteiger partial charge in [0.2, 0.25) is 0 Å². The number of nitrogens with zero attached hydrogens (tertiary/aromatic N) is 1. The largest absolute Gasteiger partial charge is 0.392 e. The Hall–Kier alpha value is -0.770. The average Bonchev–Trinajstić information content (AvgIpc) is 3.15. The van der Waals surface area contributed by atoms with Gasteiger partial charge in [-0.2, -0.15) is 0 Å². The summed E-state index contributed by atoms with van der Waals surface area (Å²) in [5, 5.41) is 10.1. The summed E-state index contributed by atoms with van der Waals surface area (Å²) in [6.45, 7) is 1.58. The Balaban J connectivity index is 2.21. The lowest BCUT2D eigenvalue weighted by molar-refractivity contribution is 0.204. The fraction of sp³-hybridized carbons (Fsp3) is 0.538. The predicted molar refractivity (Wildman–Crippen MR) is 69.6 cm³/mol. The van der Waals surface area contributed by atoms with Gasteiger partial charge in [-0.3, -0.25) is 0 Å². The predicted octanol–water partition coefficient (Wildman–Crippen LogP) is 2.45. The first-order valence-corrected chi connectivity index (χ1v) is 6.29. The van der Waals surface area contributed by atoms with Crippen LogP contribution in [0.3, 0.4) is 0 Å². The molecule has 0 bridgehead atoms. The van der Waals surface area contributed by atoms with Crippen LogP contribution in [-0.2, 0) is 11.3 Å². The third-order valence-corrected chi connectivity index (χ3v) is 3.28. The third-order valence-electron chi connectivity index (χ3n) is 3.05. The molecule has 0 heterocycles. The van der Waals surface area contributed by atoms with Crippen molar-refractivity contribution in [3.05, 3.63) is 28.8 Å². The van der Waals surface area contributed by atoms with Crippen molar-refractivity contribution < 1.29 is 9.84 Å². The number of anilines is 1. The van der Waals surface area contributed by atoms with Crippen LogP contribution in [0.4, 0.5) is 5.69 Å². The van der Waals surface area contributed by atoms with Crippen LogP contribution in [0.25, 0.3) is 0 Å². The molecule has 1 aliphatic rings. The second-order valence-electron chi connectivity index (χ2n) is 4.35. The number of aliphatic hydroxyl groups excluding tert-OH is 1. The van der Waals surface area contributed by atoms with Gasteiger partial charge in [-0.1, -0.05) is 11.6 Å². The first kappa shape index (κ1) is 12.7. The molecule has 2 rings (SSSR count). The van der Waals surface area contributed by atoms with Gasteiger partial charge in [0.25, 0.3) is 0 Å². The molecule has 94 valence electrons. The van der Waals surface area contributed by atoms with E-state index in [-0.39, 0.29) is 6.61 Å². The molecule has 0 saturated heterocycles. The highest BCUT2D eigenvalue weighted by atomic mass is 35.5. The van der Waals surface area contributed by atoms with Crippen molar-refractivity contribution >= 4 is 17.3 Å². The molecule has 3 nitrogen and oxygen atoms in total. The molecule has 1 saturated carbocycles. The number of ether oxygens (including phenoxy) is 1. The number of methoxy groups -OCH3 is 1. The molecule has 0 unspecified atom stereocenters. The van der Waals surface area contributed by atoms with Crippen LogP contribution in [0.5, 0.6) is 0 Å². The minimum Gasteiger partial charge on any atom is -0.392 e. The SMILES string of the molecule is COCCN(c1ccc(Cl)cc1CO)C1CC1. The van der Waals surface area contributed by atoms with Gasteiger partial charge in [0.15, 0.2) is 0 Å². The summed E-state index contributed by atoms with van der Waals surface area (Å²) in [6.07, 6.45) is 2.44. The molecular formula is C13H18ClNO2. The van der Waals surface area contributed by atoms with E-state index in [2.05, 4.69) is 4.90 Å². The Bertz CT molecular complexity index is 380.